The van der Waals surface area contributed by atoms with Crippen LogP contribution in [0.4, 0.5) is 5.69 Å². The first-order chi connectivity index (χ1) is 19.3. The number of nitrogens with zero attached hydrogens (tertiary/aromatic N) is 6. The fourth-order valence-corrected chi connectivity index (χ4v) is 6.31. The van der Waals surface area contributed by atoms with E-state index >= 15 is 0 Å². The zero-order valence-corrected chi connectivity index (χ0v) is 22.1. The first-order valence-electron chi connectivity index (χ1n) is 14.1. The lowest BCUT2D eigenvalue weighted by atomic mass is 9.95. The molecule has 4 heterocycles. The number of hydrogen-bond acceptors (Lipinski definition) is 6. The van der Waals surface area contributed by atoms with Crippen LogP contribution in [0, 0.1) is 5.92 Å². The summed E-state index contributed by atoms with van der Waals surface area (Å²) in [4.78, 5) is 16.4. The number of hydrogen-bond donors (Lipinski definition) is 1. The van der Waals surface area contributed by atoms with Gasteiger partial charge in [0, 0.05) is 43.5 Å². The summed E-state index contributed by atoms with van der Waals surface area (Å²) in [6, 6.07) is 17.2. The topological polar surface area (TPSA) is 81.2 Å². The Bertz CT molecular complexity index is 1590. The third kappa shape index (κ3) is 4.52. The lowest BCUT2D eigenvalue weighted by Gasteiger charge is -2.23. The molecule has 1 atom stereocenters. The molecule has 200 valence electrons. The van der Waals surface area contributed by atoms with Crippen molar-refractivity contribution in [1.82, 2.24) is 24.1 Å². The summed E-state index contributed by atoms with van der Waals surface area (Å²) in [5.41, 5.74) is 6.13. The highest BCUT2D eigenvalue weighted by Crippen LogP contribution is 2.39. The average molecular weight is 523 g/mol. The first-order valence-corrected chi connectivity index (χ1v) is 14.1. The van der Waals surface area contributed by atoms with Crippen molar-refractivity contribution >= 4 is 27.8 Å². The first kappa shape index (κ1) is 24.2. The van der Waals surface area contributed by atoms with Gasteiger partial charge in [-0.3, -0.25) is 4.57 Å². The molecule has 0 spiro atoms. The molecule has 3 aromatic heterocycles. The molecule has 2 fully saturated rings. The summed E-state index contributed by atoms with van der Waals surface area (Å²) < 4.78 is 10.8. The Morgan fingerprint density at radius 2 is 1.82 bits per heavy atom. The molecule has 1 saturated heterocycles. The van der Waals surface area contributed by atoms with Gasteiger partial charge in [0.1, 0.15) is 18.3 Å². The van der Waals surface area contributed by atoms with Gasteiger partial charge in [-0.25, -0.2) is 15.0 Å². The van der Waals surface area contributed by atoms with Gasteiger partial charge in [-0.05, 0) is 43.0 Å². The maximum absolute atomic E-state index is 9.80. The minimum atomic E-state index is 0.198. The molecule has 2 aliphatic rings. The molecule has 1 N–H and O–H groups in total. The monoisotopic (exact) mass is 522 g/mol. The van der Waals surface area contributed by atoms with Crippen molar-refractivity contribution < 1.29 is 9.84 Å². The zero-order valence-electron chi connectivity index (χ0n) is 22.1. The number of ether oxygens (including phenoxy) is 1. The highest BCUT2D eigenvalue weighted by Gasteiger charge is 2.28. The zero-order chi connectivity index (χ0) is 26.2. The van der Waals surface area contributed by atoms with Gasteiger partial charge < -0.3 is 19.3 Å². The number of rotatable bonds is 7. The predicted molar refractivity (Wildman–Crippen MR) is 152 cm³/mol. The van der Waals surface area contributed by atoms with Crippen molar-refractivity contribution in [3.8, 4) is 11.6 Å². The molecule has 1 unspecified atom stereocenters. The van der Waals surface area contributed by atoms with Crippen LogP contribution >= 0.6 is 0 Å². The number of imidazole rings is 1. The third-order valence-electron chi connectivity index (χ3n) is 8.44. The Morgan fingerprint density at radius 3 is 2.64 bits per heavy atom. The molecule has 5 aromatic rings. The van der Waals surface area contributed by atoms with Crippen LogP contribution in [0.25, 0.3) is 27.8 Å². The Morgan fingerprint density at radius 1 is 0.949 bits per heavy atom. The lowest BCUT2D eigenvalue weighted by molar-refractivity contribution is 0.238. The normalized spacial score (nSPS) is 18.4. The number of benzene rings is 2. The van der Waals surface area contributed by atoms with Crippen molar-refractivity contribution in [2.24, 2.45) is 5.92 Å². The van der Waals surface area contributed by atoms with E-state index in [0.29, 0.717) is 18.5 Å². The molecule has 39 heavy (non-hydrogen) atoms. The quantitative estimate of drug-likeness (QED) is 0.297. The average Bonchev–Trinajstić information content (AvgIpc) is 3.74. The van der Waals surface area contributed by atoms with Gasteiger partial charge in [0.2, 0.25) is 5.88 Å². The van der Waals surface area contributed by atoms with E-state index in [1.165, 1.54) is 37.6 Å². The lowest BCUT2D eigenvalue weighted by Crippen LogP contribution is -2.20. The number of aromatic nitrogens is 5. The van der Waals surface area contributed by atoms with Crippen LogP contribution in [-0.4, -0.2) is 48.9 Å². The van der Waals surface area contributed by atoms with Gasteiger partial charge >= 0.3 is 0 Å². The fourth-order valence-electron chi connectivity index (χ4n) is 6.31. The summed E-state index contributed by atoms with van der Waals surface area (Å²) in [5, 5.41) is 10.7. The Kier molecular flexibility index (Phi) is 6.40. The summed E-state index contributed by atoms with van der Waals surface area (Å²) >= 11 is 0. The molecule has 0 bridgehead atoms. The van der Waals surface area contributed by atoms with Crippen LogP contribution in [0.15, 0.2) is 67.4 Å². The second-order valence-corrected chi connectivity index (χ2v) is 10.9. The third-order valence-corrected chi connectivity index (χ3v) is 8.44. The molecule has 1 aliphatic carbocycles. The van der Waals surface area contributed by atoms with E-state index in [9.17, 15) is 5.11 Å². The molecule has 2 aromatic carbocycles. The van der Waals surface area contributed by atoms with Crippen molar-refractivity contribution in [2.75, 3.05) is 24.6 Å². The highest BCUT2D eigenvalue weighted by atomic mass is 16.5. The van der Waals surface area contributed by atoms with Crippen LogP contribution in [0.1, 0.15) is 50.1 Å². The van der Waals surface area contributed by atoms with E-state index in [2.05, 4.69) is 55.5 Å². The molecule has 0 radical (unpaired) electrons. The molecule has 7 rings (SSSR count). The predicted octanol–water partition coefficient (Wildman–Crippen LogP) is 5.67. The molecule has 1 saturated carbocycles. The minimum Gasteiger partial charge on any atom is -0.472 e. The molecule has 8 nitrogen and oxygen atoms in total. The summed E-state index contributed by atoms with van der Waals surface area (Å²) in [6.45, 7) is 2.31. The van der Waals surface area contributed by atoms with Gasteiger partial charge in [0.25, 0.3) is 0 Å². The molecular weight excluding hydrogens is 488 g/mol. The largest absolute Gasteiger partial charge is 0.472 e. The van der Waals surface area contributed by atoms with Crippen molar-refractivity contribution in [2.45, 2.75) is 51.2 Å². The highest BCUT2D eigenvalue weighted by molar-refractivity contribution is 5.96. The maximum atomic E-state index is 9.80. The smallest absolute Gasteiger partial charge is 0.228 e. The van der Waals surface area contributed by atoms with Gasteiger partial charge in [-0.1, -0.05) is 49.6 Å². The van der Waals surface area contributed by atoms with E-state index in [-0.39, 0.29) is 12.5 Å². The second kappa shape index (κ2) is 10.3. The molecule has 0 amide bonds. The number of anilines is 1. The molecule has 1 aliphatic heterocycles. The van der Waals surface area contributed by atoms with Gasteiger partial charge in [-0.2, -0.15) is 0 Å². The second-order valence-electron chi connectivity index (χ2n) is 10.9. The summed E-state index contributed by atoms with van der Waals surface area (Å²) in [7, 11) is 0. The van der Waals surface area contributed by atoms with Crippen molar-refractivity contribution in [3.63, 3.8) is 0 Å². The summed E-state index contributed by atoms with van der Waals surface area (Å²) in [5.74, 6) is 0.842. The SMILES string of the molecule is OCC1CCN(c2cn(-c3ccc4c(c3)ncn4C3CCCCC3)c3ncnc(OCc4ccccc4)c23)C1. The maximum Gasteiger partial charge on any atom is 0.228 e. The standard InChI is InChI=1S/C31H34N6O2/c38-18-23-13-14-35(16-23)28-17-36(30-29(28)31(33-20-32-30)39-19-22-7-3-1-4-8-22)25-11-12-27-26(15-25)34-21-37(27)24-9-5-2-6-10-24/h1,3-4,7-8,11-12,15,17,20-21,23-24,38H,2,5-6,9-10,13-14,16,18-19H2. The van der Waals surface area contributed by atoms with Gasteiger partial charge in [0.15, 0.2) is 5.65 Å². The van der Waals surface area contributed by atoms with Crippen LogP contribution in [-0.2, 0) is 6.61 Å². The Labute approximate surface area is 227 Å². The van der Waals surface area contributed by atoms with E-state index in [1.54, 1.807) is 6.33 Å². The molecule has 8 heteroatoms. The van der Waals surface area contributed by atoms with Crippen LogP contribution in [0.5, 0.6) is 5.88 Å². The van der Waals surface area contributed by atoms with Crippen LogP contribution in [0.3, 0.4) is 0 Å². The van der Waals surface area contributed by atoms with E-state index in [4.69, 9.17) is 14.7 Å². The Hall–Kier alpha value is -3.91. The number of aliphatic hydroxyl groups excluding tert-OH is 1. The van der Waals surface area contributed by atoms with Crippen LogP contribution < -0.4 is 9.64 Å². The van der Waals surface area contributed by atoms with E-state index in [0.717, 1.165) is 53.0 Å². The van der Waals surface area contributed by atoms with E-state index in [1.807, 2.05) is 24.5 Å². The minimum absolute atomic E-state index is 0.198. The van der Waals surface area contributed by atoms with Crippen molar-refractivity contribution in [1.29, 1.82) is 0 Å². The number of fused-ring (bicyclic) bond motifs is 2. The van der Waals surface area contributed by atoms with Gasteiger partial charge in [0.05, 0.1) is 23.0 Å². The van der Waals surface area contributed by atoms with Gasteiger partial charge in [-0.15, -0.1) is 0 Å². The molecular formula is C31H34N6O2. The van der Waals surface area contributed by atoms with E-state index < -0.39 is 0 Å². The van der Waals surface area contributed by atoms with Crippen molar-refractivity contribution in [3.05, 3.63) is 72.9 Å². The number of aliphatic hydroxyl groups is 1. The van der Waals surface area contributed by atoms with Crippen LogP contribution in [0.2, 0.25) is 0 Å². The Balaban J connectivity index is 1.30. The fraction of sp³-hybridized carbons (Fsp3) is 0.387. The summed E-state index contributed by atoms with van der Waals surface area (Å²) in [6.07, 6.45) is 13.1.